The third kappa shape index (κ3) is 2.72. The summed E-state index contributed by atoms with van der Waals surface area (Å²) in [5.74, 6) is 1.02. The number of thiophene rings is 1. The van der Waals surface area contributed by atoms with E-state index in [1.807, 2.05) is 0 Å². The van der Waals surface area contributed by atoms with Gasteiger partial charge in [0.1, 0.15) is 10.7 Å². The molecule has 4 rings (SSSR count). The number of hydrogen-bond acceptors (Lipinski definition) is 4. The summed E-state index contributed by atoms with van der Waals surface area (Å²) < 4.78 is 2.08. The first kappa shape index (κ1) is 16.3. The smallest absolute Gasteiger partial charge is 0.262 e. The van der Waals surface area contributed by atoms with E-state index < -0.39 is 0 Å². The number of hydrogen-bond donors (Lipinski definition) is 0. The third-order valence-electron chi connectivity index (χ3n) is 5.62. The van der Waals surface area contributed by atoms with Crippen LogP contribution < -0.4 is 5.56 Å². The van der Waals surface area contributed by atoms with E-state index in [9.17, 15) is 4.79 Å². The van der Waals surface area contributed by atoms with Crippen molar-refractivity contribution < 1.29 is 0 Å². The average molecular weight is 346 g/mol. The largest absolute Gasteiger partial charge is 0.306 e. The zero-order chi connectivity index (χ0) is 16.7. The van der Waals surface area contributed by atoms with Crippen LogP contribution in [0.1, 0.15) is 61.3 Å². The lowest BCUT2D eigenvalue weighted by Gasteiger charge is -2.31. The van der Waals surface area contributed by atoms with Gasteiger partial charge >= 0.3 is 0 Å². The molecular weight excluding hydrogens is 318 g/mol. The minimum Gasteiger partial charge on any atom is -0.306 e. The highest BCUT2D eigenvalue weighted by atomic mass is 32.1. The lowest BCUT2D eigenvalue weighted by atomic mass is 9.97. The summed E-state index contributed by atoms with van der Waals surface area (Å²) in [6.45, 7) is 4.32. The molecule has 0 spiro atoms. The van der Waals surface area contributed by atoms with Crippen molar-refractivity contribution in [2.75, 3.05) is 20.1 Å². The van der Waals surface area contributed by atoms with Gasteiger partial charge in [-0.15, -0.1) is 11.3 Å². The van der Waals surface area contributed by atoms with Crippen molar-refractivity contribution in [3.05, 3.63) is 26.6 Å². The second-order valence-corrected chi connectivity index (χ2v) is 8.46. The van der Waals surface area contributed by atoms with Gasteiger partial charge in [0.25, 0.3) is 5.56 Å². The number of fused-ring (bicyclic) bond motifs is 3. The summed E-state index contributed by atoms with van der Waals surface area (Å²) in [6.07, 6.45) is 8.73. The lowest BCUT2D eigenvalue weighted by Crippen LogP contribution is -2.37. The van der Waals surface area contributed by atoms with E-state index in [1.165, 1.54) is 23.3 Å². The number of nitrogens with zero attached hydrogens (tertiary/aromatic N) is 3. The lowest BCUT2D eigenvalue weighted by molar-refractivity contribution is 0.215. The molecule has 0 N–H and O–H groups in total. The number of aromatic nitrogens is 2. The molecule has 1 aliphatic heterocycles. The molecule has 0 bridgehead atoms. The molecular formula is C19H27N3OS. The van der Waals surface area contributed by atoms with Crippen molar-refractivity contribution in [3.63, 3.8) is 0 Å². The van der Waals surface area contributed by atoms with Crippen LogP contribution in [0.25, 0.3) is 10.2 Å². The zero-order valence-corrected chi connectivity index (χ0v) is 15.6. The standard InChI is InChI=1S/C19H27N3OS/c1-3-6-16-20-18-17(14-7-4-5-8-15(14)24-18)19(23)22(16)13-9-11-21(2)12-10-13/h13H,3-12H2,1-2H3. The fraction of sp³-hybridized carbons (Fsp3) is 0.684. The van der Waals surface area contributed by atoms with Gasteiger partial charge in [0, 0.05) is 17.3 Å². The summed E-state index contributed by atoms with van der Waals surface area (Å²) in [6, 6.07) is 0.325. The summed E-state index contributed by atoms with van der Waals surface area (Å²) in [7, 11) is 2.17. The first-order chi connectivity index (χ1) is 11.7. The van der Waals surface area contributed by atoms with Crippen molar-refractivity contribution >= 4 is 21.6 Å². The van der Waals surface area contributed by atoms with Crippen molar-refractivity contribution in [1.29, 1.82) is 0 Å². The van der Waals surface area contributed by atoms with Crippen LogP contribution in [0.15, 0.2) is 4.79 Å². The van der Waals surface area contributed by atoms with Gasteiger partial charge in [0.15, 0.2) is 0 Å². The maximum atomic E-state index is 13.5. The molecule has 0 atom stereocenters. The molecule has 0 saturated carbocycles. The third-order valence-corrected chi connectivity index (χ3v) is 6.81. The molecule has 2 aromatic heterocycles. The van der Waals surface area contributed by atoms with E-state index in [0.29, 0.717) is 6.04 Å². The monoisotopic (exact) mass is 345 g/mol. The highest BCUT2D eigenvalue weighted by Gasteiger charge is 2.26. The average Bonchev–Trinajstić information content (AvgIpc) is 2.95. The predicted octanol–water partition coefficient (Wildman–Crippen LogP) is 3.56. The van der Waals surface area contributed by atoms with Crippen LogP contribution in [0, 0.1) is 0 Å². The Balaban J connectivity index is 1.88. The van der Waals surface area contributed by atoms with Gasteiger partial charge in [-0.1, -0.05) is 6.92 Å². The normalized spacial score (nSPS) is 19.8. The molecule has 2 aromatic rings. The second kappa shape index (κ2) is 6.60. The van der Waals surface area contributed by atoms with Crippen LogP contribution in [0.5, 0.6) is 0 Å². The van der Waals surface area contributed by atoms with Gasteiger partial charge in [0.05, 0.1) is 5.39 Å². The molecule has 24 heavy (non-hydrogen) atoms. The Morgan fingerprint density at radius 3 is 2.71 bits per heavy atom. The van der Waals surface area contributed by atoms with Crippen LogP contribution in [0.3, 0.4) is 0 Å². The van der Waals surface area contributed by atoms with Crippen molar-refractivity contribution in [1.82, 2.24) is 14.5 Å². The molecule has 4 nitrogen and oxygen atoms in total. The van der Waals surface area contributed by atoms with Gasteiger partial charge in [-0.3, -0.25) is 9.36 Å². The minimum atomic E-state index is 0.248. The number of rotatable bonds is 3. The maximum Gasteiger partial charge on any atom is 0.262 e. The fourth-order valence-corrected chi connectivity index (χ4v) is 5.56. The highest BCUT2D eigenvalue weighted by molar-refractivity contribution is 7.18. The van der Waals surface area contributed by atoms with Crippen LogP contribution in [0.4, 0.5) is 0 Å². The molecule has 0 unspecified atom stereocenters. The van der Waals surface area contributed by atoms with Crippen LogP contribution in [-0.4, -0.2) is 34.6 Å². The maximum absolute atomic E-state index is 13.5. The Labute approximate surface area is 147 Å². The van der Waals surface area contributed by atoms with E-state index in [4.69, 9.17) is 4.98 Å². The molecule has 1 saturated heterocycles. The van der Waals surface area contributed by atoms with E-state index >= 15 is 0 Å². The van der Waals surface area contributed by atoms with E-state index in [0.717, 1.165) is 67.7 Å². The van der Waals surface area contributed by atoms with Gasteiger partial charge < -0.3 is 4.90 Å². The van der Waals surface area contributed by atoms with Crippen molar-refractivity contribution in [3.8, 4) is 0 Å². The predicted molar refractivity (Wildman–Crippen MR) is 100 cm³/mol. The fourth-order valence-electron chi connectivity index (χ4n) is 4.29. The van der Waals surface area contributed by atoms with Crippen LogP contribution in [0.2, 0.25) is 0 Å². The van der Waals surface area contributed by atoms with Gasteiger partial charge in [-0.05, 0) is 70.6 Å². The summed E-state index contributed by atoms with van der Waals surface area (Å²) in [5.41, 5.74) is 1.57. The molecule has 0 aromatic carbocycles. The summed E-state index contributed by atoms with van der Waals surface area (Å²) >= 11 is 1.78. The Kier molecular flexibility index (Phi) is 4.48. The Morgan fingerprint density at radius 1 is 1.21 bits per heavy atom. The quantitative estimate of drug-likeness (QED) is 0.854. The van der Waals surface area contributed by atoms with Crippen molar-refractivity contribution in [2.45, 2.75) is 64.3 Å². The minimum absolute atomic E-state index is 0.248. The zero-order valence-electron chi connectivity index (χ0n) is 14.8. The van der Waals surface area contributed by atoms with E-state index in [1.54, 1.807) is 11.3 Å². The molecule has 1 fully saturated rings. The highest BCUT2D eigenvalue weighted by Crippen LogP contribution is 2.34. The molecule has 0 amide bonds. The van der Waals surface area contributed by atoms with Crippen molar-refractivity contribution in [2.24, 2.45) is 0 Å². The SMILES string of the molecule is CCCc1nc2sc3c(c2c(=O)n1C1CCN(C)CC1)CCCC3. The van der Waals surface area contributed by atoms with Gasteiger partial charge in [0.2, 0.25) is 0 Å². The molecule has 0 radical (unpaired) electrons. The van der Waals surface area contributed by atoms with Crippen LogP contribution >= 0.6 is 11.3 Å². The van der Waals surface area contributed by atoms with Gasteiger partial charge in [-0.25, -0.2) is 4.98 Å². The van der Waals surface area contributed by atoms with E-state index in [2.05, 4.69) is 23.4 Å². The number of likely N-dealkylation sites (tertiary alicyclic amines) is 1. The topological polar surface area (TPSA) is 38.1 Å². The Morgan fingerprint density at radius 2 is 1.96 bits per heavy atom. The number of aryl methyl sites for hydroxylation is 3. The molecule has 5 heteroatoms. The van der Waals surface area contributed by atoms with Gasteiger partial charge in [-0.2, -0.15) is 0 Å². The first-order valence-corrected chi connectivity index (χ1v) is 10.2. The molecule has 3 heterocycles. The number of piperidine rings is 1. The molecule has 2 aliphatic rings. The molecule has 1 aliphatic carbocycles. The van der Waals surface area contributed by atoms with E-state index in [-0.39, 0.29) is 5.56 Å². The Hall–Kier alpha value is -1.20. The first-order valence-electron chi connectivity index (χ1n) is 9.43. The second-order valence-electron chi connectivity index (χ2n) is 7.38. The molecule has 130 valence electrons. The summed E-state index contributed by atoms with van der Waals surface area (Å²) in [4.78, 5) is 23.2. The summed E-state index contributed by atoms with van der Waals surface area (Å²) in [5, 5.41) is 0.952. The Bertz CT molecular complexity index is 799. The van der Waals surface area contributed by atoms with Crippen LogP contribution in [-0.2, 0) is 19.3 Å².